The van der Waals surface area contributed by atoms with E-state index in [2.05, 4.69) is 52.6 Å². The number of aromatic nitrogens is 2. The minimum Gasteiger partial charge on any atom is -0.376 e. The molecule has 7 heteroatoms. The predicted molar refractivity (Wildman–Crippen MR) is 138 cm³/mol. The molecule has 0 aliphatic carbocycles. The number of nitrogens with zero attached hydrogens (tertiary/aromatic N) is 2. The SMILES string of the molecule is CC[C@H]1C[C@H]2O[C@@](C)([C@@H]1OC)n1c3ccccc3c3c4c(c5c6ccccc6n2c5c31)C(=O)N[C@@H]4O. The van der Waals surface area contributed by atoms with E-state index < -0.39 is 12.0 Å². The third-order valence-corrected chi connectivity index (χ3v) is 8.91. The van der Waals surface area contributed by atoms with Crippen molar-refractivity contribution in [2.75, 3.05) is 7.11 Å². The van der Waals surface area contributed by atoms with Crippen LogP contribution >= 0.6 is 0 Å². The molecule has 0 unspecified atom stereocenters. The Kier molecular flexibility index (Phi) is 3.85. The highest BCUT2D eigenvalue weighted by Gasteiger charge is 2.53. The zero-order valence-corrected chi connectivity index (χ0v) is 20.4. The monoisotopic (exact) mass is 481 g/mol. The molecule has 3 aliphatic rings. The van der Waals surface area contributed by atoms with Gasteiger partial charge < -0.3 is 29.0 Å². The van der Waals surface area contributed by atoms with Gasteiger partial charge in [0.05, 0.1) is 27.6 Å². The first-order valence-corrected chi connectivity index (χ1v) is 12.7. The normalized spacial score (nSPS) is 28.9. The van der Waals surface area contributed by atoms with Crippen LogP contribution in [0.5, 0.6) is 0 Å². The quantitative estimate of drug-likeness (QED) is 0.360. The summed E-state index contributed by atoms with van der Waals surface area (Å²) in [7, 11) is 1.77. The zero-order chi connectivity index (χ0) is 24.5. The van der Waals surface area contributed by atoms with Crippen LogP contribution in [-0.4, -0.2) is 33.4 Å². The van der Waals surface area contributed by atoms with Gasteiger partial charge in [0.25, 0.3) is 5.91 Å². The summed E-state index contributed by atoms with van der Waals surface area (Å²) in [6.07, 6.45) is 0.321. The molecule has 0 radical (unpaired) electrons. The van der Waals surface area contributed by atoms with Crippen LogP contribution in [0.15, 0.2) is 48.5 Å². The number of methoxy groups -OCH3 is 1. The molecule has 3 aromatic carbocycles. The number of carbonyl (C=O) groups excluding carboxylic acids is 1. The lowest BCUT2D eigenvalue weighted by Gasteiger charge is -2.48. The Hall–Kier alpha value is -3.39. The molecule has 2 N–H and O–H groups in total. The summed E-state index contributed by atoms with van der Waals surface area (Å²) < 4.78 is 17.9. The Morgan fingerprint density at radius 2 is 1.78 bits per heavy atom. The number of rotatable bonds is 2. The maximum atomic E-state index is 13.4. The van der Waals surface area contributed by atoms with Gasteiger partial charge >= 0.3 is 0 Å². The second-order valence-corrected chi connectivity index (χ2v) is 10.5. The Morgan fingerprint density at radius 1 is 1.08 bits per heavy atom. The van der Waals surface area contributed by atoms with Crippen molar-refractivity contribution in [3.05, 3.63) is 59.7 Å². The van der Waals surface area contributed by atoms with E-state index in [1.807, 2.05) is 24.3 Å². The summed E-state index contributed by atoms with van der Waals surface area (Å²) in [6.45, 7) is 4.35. The number of para-hydroxylation sites is 2. The van der Waals surface area contributed by atoms with Crippen LogP contribution in [0.25, 0.3) is 43.6 Å². The molecular weight excluding hydrogens is 454 g/mol. The van der Waals surface area contributed by atoms with Crippen LogP contribution in [0.2, 0.25) is 0 Å². The Balaban J connectivity index is 1.73. The van der Waals surface area contributed by atoms with Crippen molar-refractivity contribution in [1.82, 2.24) is 14.5 Å². The number of fused-ring (bicyclic) bond motifs is 13. The van der Waals surface area contributed by atoms with Gasteiger partial charge in [-0.15, -0.1) is 0 Å². The number of benzene rings is 3. The van der Waals surface area contributed by atoms with Gasteiger partial charge in [-0.25, -0.2) is 0 Å². The van der Waals surface area contributed by atoms with Crippen LogP contribution in [0.1, 0.15) is 55.1 Å². The number of ether oxygens (including phenoxy) is 2. The number of aliphatic hydroxyl groups is 1. The van der Waals surface area contributed by atoms with E-state index in [1.165, 1.54) is 0 Å². The maximum absolute atomic E-state index is 13.4. The fourth-order valence-electron chi connectivity index (χ4n) is 7.62. The minimum absolute atomic E-state index is 0.165. The number of nitrogens with one attached hydrogen (secondary N) is 1. The summed E-state index contributed by atoms with van der Waals surface area (Å²) in [4.78, 5) is 13.4. The third-order valence-electron chi connectivity index (χ3n) is 8.91. The molecule has 2 bridgehead atoms. The first kappa shape index (κ1) is 20.8. The summed E-state index contributed by atoms with van der Waals surface area (Å²) >= 11 is 0. The molecule has 36 heavy (non-hydrogen) atoms. The molecule has 3 aliphatic heterocycles. The van der Waals surface area contributed by atoms with E-state index in [0.29, 0.717) is 11.1 Å². The highest BCUT2D eigenvalue weighted by atomic mass is 16.6. The third kappa shape index (κ3) is 2.15. The number of amides is 1. The van der Waals surface area contributed by atoms with Crippen molar-refractivity contribution in [3.63, 3.8) is 0 Å². The lowest BCUT2D eigenvalue weighted by atomic mass is 9.85. The van der Waals surface area contributed by atoms with E-state index in [9.17, 15) is 9.90 Å². The minimum atomic E-state index is -1.07. The van der Waals surface area contributed by atoms with Crippen molar-refractivity contribution in [2.45, 2.75) is 51.0 Å². The van der Waals surface area contributed by atoms with E-state index in [-0.39, 0.29) is 24.2 Å². The molecule has 5 aromatic rings. The largest absolute Gasteiger partial charge is 0.376 e. The van der Waals surface area contributed by atoms with Crippen molar-refractivity contribution in [3.8, 4) is 0 Å². The molecule has 1 amide bonds. The lowest BCUT2D eigenvalue weighted by Crippen LogP contribution is -2.53. The van der Waals surface area contributed by atoms with Gasteiger partial charge in [0.2, 0.25) is 0 Å². The van der Waals surface area contributed by atoms with E-state index in [4.69, 9.17) is 9.47 Å². The Labute approximate surface area is 207 Å². The molecule has 5 atom stereocenters. The lowest BCUT2D eigenvalue weighted by molar-refractivity contribution is -0.267. The maximum Gasteiger partial charge on any atom is 0.254 e. The second-order valence-electron chi connectivity index (χ2n) is 10.5. The molecule has 5 heterocycles. The average molecular weight is 482 g/mol. The zero-order valence-electron chi connectivity index (χ0n) is 20.4. The number of hydrogen-bond donors (Lipinski definition) is 2. The topological polar surface area (TPSA) is 77.7 Å². The fourth-order valence-corrected chi connectivity index (χ4v) is 7.62. The molecular formula is C29H27N3O4. The number of aliphatic hydroxyl groups excluding tert-OH is 1. The van der Waals surface area contributed by atoms with Crippen LogP contribution in [-0.2, 0) is 15.2 Å². The number of hydrogen-bond acceptors (Lipinski definition) is 4. The molecule has 7 nitrogen and oxygen atoms in total. The smallest absolute Gasteiger partial charge is 0.254 e. The van der Waals surface area contributed by atoms with Gasteiger partial charge in [-0.3, -0.25) is 4.79 Å². The summed E-state index contributed by atoms with van der Waals surface area (Å²) in [6, 6.07) is 16.5. The van der Waals surface area contributed by atoms with Crippen molar-refractivity contribution < 1.29 is 19.4 Å². The van der Waals surface area contributed by atoms with Crippen LogP contribution in [0.3, 0.4) is 0 Å². The molecule has 1 fully saturated rings. The van der Waals surface area contributed by atoms with Crippen LogP contribution < -0.4 is 5.32 Å². The first-order chi connectivity index (χ1) is 17.5. The van der Waals surface area contributed by atoms with Gasteiger partial charge in [-0.1, -0.05) is 49.7 Å². The van der Waals surface area contributed by atoms with Gasteiger partial charge in [0.15, 0.2) is 12.0 Å². The van der Waals surface area contributed by atoms with E-state index in [0.717, 1.165) is 56.5 Å². The molecule has 0 spiro atoms. The average Bonchev–Trinajstić information content (AvgIpc) is 3.48. The first-order valence-electron chi connectivity index (χ1n) is 12.7. The highest BCUT2D eigenvalue weighted by Crippen LogP contribution is 2.55. The molecule has 0 saturated carbocycles. The molecule has 2 aromatic heterocycles. The van der Waals surface area contributed by atoms with E-state index >= 15 is 0 Å². The van der Waals surface area contributed by atoms with Gasteiger partial charge in [-0.2, -0.15) is 0 Å². The highest BCUT2D eigenvalue weighted by molar-refractivity contribution is 6.31. The second kappa shape index (κ2) is 6.68. The van der Waals surface area contributed by atoms with Crippen molar-refractivity contribution >= 4 is 49.5 Å². The fraction of sp³-hybridized carbons (Fsp3) is 0.345. The molecule has 1 saturated heterocycles. The summed E-state index contributed by atoms with van der Waals surface area (Å²) in [5.41, 5.74) is 4.45. The van der Waals surface area contributed by atoms with E-state index in [1.54, 1.807) is 7.11 Å². The van der Waals surface area contributed by atoms with Gasteiger partial charge in [0, 0.05) is 34.2 Å². The van der Waals surface area contributed by atoms with Gasteiger partial charge in [-0.05, 0) is 31.4 Å². The Bertz CT molecular complexity index is 1780. The molecule has 8 rings (SSSR count). The Morgan fingerprint density at radius 3 is 2.50 bits per heavy atom. The number of carbonyl (C=O) groups is 1. The summed E-state index contributed by atoms with van der Waals surface area (Å²) in [5.74, 6) is 0.0425. The van der Waals surface area contributed by atoms with Gasteiger partial charge in [0.1, 0.15) is 12.3 Å². The van der Waals surface area contributed by atoms with Crippen LogP contribution in [0.4, 0.5) is 0 Å². The summed E-state index contributed by atoms with van der Waals surface area (Å²) in [5, 5.41) is 17.7. The molecule has 182 valence electrons. The van der Waals surface area contributed by atoms with Crippen molar-refractivity contribution in [1.29, 1.82) is 0 Å². The standard InChI is InChI=1S/C29H27N3O4/c1-4-14-13-19-31-17-11-7-5-9-15(17)20-22-23(28(34)30-27(22)33)21-16-10-6-8-12-18(16)32(25(21)24(20)31)29(2,36-19)26(14)35-3/h5-12,14,19,26,28,34H,4,13H2,1-3H3,(H,30,33)/t14-,19+,26+,28+,29-/m0/s1. The predicted octanol–water partition coefficient (Wildman–Crippen LogP) is 5.28. The van der Waals surface area contributed by atoms with Crippen molar-refractivity contribution in [2.24, 2.45) is 5.92 Å². The van der Waals surface area contributed by atoms with Crippen LogP contribution in [0, 0.1) is 5.92 Å².